The molecule has 1 aliphatic carbocycles. The van der Waals surface area contributed by atoms with Gasteiger partial charge in [0.25, 0.3) is 0 Å². The molecule has 0 spiro atoms. The molecule has 8 heteroatoms. The molecule has 1 aromatic heterocycles. The molecule has 2 heterocycles. The fourth-order valence-electron chi connectivity index (χ4n) is 3.22. The van der Waals surface area contributed by atoms with Crippen molar-refractivity contribution >= 4 is 47.2 Å². The number of hydrogen-bond acceptors (Lipinski definition) is 5. The Morgan fingerprint density at radius 1 is 1.14 bits per heavy atom. The average Bonchev–Trinajstić information content (AvgIpc) is 3.07. The Hall–Kier alpha value is -0.560. The van der Waals surface area contributed by atoms with Crippen molar-refractivity contribution in [2.24, 2.45) is 5.73 Å². The number of amides is 1. The number of rotatable bonds is 2. The first kappa shape index (κ1) is 19.5. The van der Waals surface area contributed by atoms with E-state index in [9.17, 15) is 4.79 Å². The fourth-order valence-corrected chi connectivity index (χ4v) is 3.92. The zero-order valence-corrected chi connectivity index (χ0v) is 15.0. The van der Waals surface area contributed by atoms with Crippen molar-refractivity contribution in [3.8, 4) is 0 Å². The molecule has 0 unspecified atom stereocenters. The van der Waals surface area contributed by atoms with Crippen LogP contribution < -0.4 is 10.6 Å². The van der Waals surface area contributed by atoms with E-state index in [-0.39, 0.29) is 30.7 Å². The molecule has 1 saturated heterocycles. The maximum absolute atomic E-state index is 12.6. The first-order valence-corrected chi connectivity index (χ1v) is 8.30. The molecule has 0 bridgehead atoms. The smallest absolute Gasteiger partial charge is 0.242 e. The van der Waals surface area contributed by atoms with Crippen LogP contribution in [0.5, 0.6) is 0 Å². The topological polar surface area (TPSA) is 62.5 Å². The summed E-state index contributed by atoms with van der Waals surface area (Å²) >= 11 is 1.66. The van der Waals surface area contributed by atoms with E-state index in [1.54, 1.807) is 11.3 Å². The van der Waals surface area contributed by atoms with Gasteiger partial charge in [-0.15, -0.1) is 36.2 Å². The number of hydrogen-bond donors (Lipinski definition) is 1. The molecule has 1 aliphatic heterocycles. The van der Waals surface area contributed by atoms with Gasteiger partial charge in [0, 0.05) is 37.8 Å². The largest absolute Gasteiger partial charge is 0.346 e. The molecule has 126 valence electrons. The number of thiazole rings is 1. The Balaban J connectivity index is 0.00000121. The van der Waals surface area contributed by atoms with Gasteiger partial charge in [0.15, 0.2) is 5.13 Å². The number of nitrogens with two attached hydrogens (primary N) is 1. The lowest BCUT2D eigenvalue weighted by atomic mass is 9.97. The van der Waals surface area contributed by atoms with E-state index in [2.05, 4.69) is 9.88 Å². The summed E-state index contributed by atoms with van der Waals surface area (Å²) in [6, 6.07) is 0. The van der Waals surface area contributed by atoms with Crippen LogP contribution in [0, 0.1) is 0 Å². The first-order chi connectivity index (χ1) is 9.69. The highest BCUT2D eigenvalue weighted by atomic mass is 35.5. The van der Waals surface area contributed by atoms with Crippen LogP contribution in [0.3, 0.4) is 0 Å². The molecule has 22 heavy (non-hydrogen) atoms. The standard InChI is InChI=1S/C14H22N4OS.2ClH/c15-14(4-1-2-5-14)12(19)17-7-3-8-18(10-9-17)13-16-6-11-20-13;;/h6,11H,1-5,7-10,15H2;2*1H. The summed E-state index contributed by atoms with van der Waals surface area (Å²) in [5.74, 6) is 0.163. The van der Waals surface area contributed by atoms with E-state index in [1.165, 1.54) is 0 Å². The molecule has 2 fully saturated rings. The van der Waals surface area contributed by atoms with E-state index in [0.717, 1.165) is 63.4 Å². The lowest BCUT2D eigenvalue weighted by molar-refractivity contribution is -0.136. The van der Waals surface area contributed by atoms with Gasteiger partial charge in [-0.05, 0) is 19.3 Å². The molecule has 1 amide bonds. The Labute approximate surface area is 148 Å². The predicted molar refractivity (Wildman–Crippen MR) is 95.4 cm³/mol. The highest BCUT2D eigenvalue weighted by Crippen LogP contribution is 2.29. The van der Waals surface area contributed by atoms with Crippen LogP contribution >= 0.6 is 36.2 Å². The van der Waals surface area contributed by atoms with Crippen molar-refractivity contribution in [3.63, 3.8) is 0 Å². The van der Waals surface area contributed by atoms with Gasteiger partial charge in [0.2, 0.25) is 5.91 Å². The van der Waals surface area contributed by atoms with E-state index in [0.29, 0.717) is 0 Å². The van der Waals surface area contributed by atoms with Crippen LogP contribution in [0.25, 0.3) is 0 Å². The number of aromatic nitrogens is 1. The van der Waals surface area contributed by atoms with Crippen molar-refractivity contribution in [2.75, 3.05) is 31.1 Å². The number of carbonyl (C=O) groups is 1. The van der Waals surface area contributed by atoms with Gasteiger partial charge in [-0.2, -0.15) is 0 Å². The summed E-state index contributed by atoms with van der Waals surface area (Å²) in [6.45, 7) is 3.40. The van der Waals surface area contributed by atoms with Crippen LogP contribution in [0.15, 0.2) is 11.6 Å². The molecule has 1 aromatic rings. The van der Waals surface area contributed by atoms with Crippen molar-refractivity contribution in [3.05, 3.63) is 11.6 Å². The minimum atomic E-state index is -0.587. The third kappa shape index (κ3) is 4.04. The second-order valence-corrected chi connectivity index (χ2v) is 6.68. The minimum absolute atomic E-state index is 0. The zero-order chi connectivity index (χ0) is 14.0. The molecule has 2 aliphatic rings. The van der Waals surface area contributed by atoms with Crippen LogP contribution in [-0.4, -0.2) is 47.5 Å². The van der Waals surface area contributed by atoms with Gasteiger partial charge in [0.1, 0.15) is 0 Å². The quantitative estimate of drug-likeness (QED) is 0.871. The Bertz CT molecular complexity index is 465. The predicted octanol–water partition coefficient (Wildman–Crippen LogP) is 2.30. The van der Waals surface area contributed by atoms with Gasteiger partial charge in [-0.25, -0.2) is 4.98 Å². The van der Waals surface area contributed by atoms with Gasteiger partial charge in [0.05, 0.1) is 5.54 Å². The van der Waals surface area contributed by atoms with E-state index >= 15 is 0 Å². The molecule has 3 rings (SSSR count). The molecule has 1 saturated carbocycles. The molecule has 2 N–H and O–H groups in total. The maximum Gasteiger partial charge on any atom is 0.242 e. The lowest BCUT2D eigenvalue weighted by Crippen LogP contribution is -2.54. The summed E-state index contributed by atoms with van der Waals surface area (Å²) in [6.07, 6.45) is 6.68. The Morgan fingerprint density at radius 3 is 2.50 bits per heavy atom. The first-order valence-electron chi connectivity index (χ1n) is 7.42. The van der Waals surface area contributed by atoms with Gasteiger partial charge in [-0.3, -0.25) is 4.79 Å². The highest BCUT2D eigenvalue weighted by molar-refractivity contribution is 7.13. The second kappa shape index (κ2) is 8.34. The third-order valence-corrected chi connectivity index (χ3v) is 5.23. The van der Waals surface area contributed by atoms with E-state index < -0.39 is 5.54 Å². The number of halogens is 2. The molecule has 5 nitrogen and oxygen atoms in total. The molecule has 0 aromatic carbocycles. The van der Waals surface area contributed by atoms with E-state index in [4.69, 9.17) is 5.73 Å². The van der Waals surface area contributed by atoms with Crippen LogP contribution in [0.4, 0.5) is 5.13 Å². The van der Waals surface area contributed by atoms with Crippen molar-refractivity contribution in [1.29, 1.82) is 0 Å². The highest BCUT2D eigenvalue weighted by Gasteiger charge is 2.40. The fraction of sp³-hybridized carbons (Fsp3) is 0.714. The average molecular weight is 367 g/mol. The van der Waals surface area contributed by atoms with Crippen LogP contribution in [0.2, 0.25) is 0 Å². The zero-order valence-electron chi connectivity index (χ0n) is 12.6. The van der Waals surface area contributed by atoms with Crippen LogP contribution in [-0.2, 0) is 4.79 Å². The number of anilines is 1. The molecular formula is C14H24Cl2N4OS. The number of nitrogens with zero attached hydrogens (tertiary/aromatic N) is 3. The van der Waals surface area contributed by atoms with Crippen molar-refractivity contribution < 1.29 is 4.79 Å². The minimum Gasteiger partial charge on any atom is -0.346 e. The Kier molecular flexibility index (Phi) is 7.38. The summed E-state index contributed by atoms with van der Waals surface area (Å²) in [5.41, 5.74) is 5.71. The van der Waals surface area contributed by atoms with Gasteiger partial charge in [-0.1, -0.05) is 12.8 Å². The normalized spacial score (nSPS) is 20.8. The van der Waals surface area contributed by atoms with Gasteiger partial charge >= 0.3 is 0 Å². The molecule has 0 radical (unpaired) electrons. The Morgan fingerprint density at radius 2 is 1.86 bits per heavy atom. The molecular weight excluding hydrogens is 343 g/mol. The maximum atomic E-state index is 12.6. The SMILES string of the molecule is Cl.Cl.NC1(C(=O)N2CCCN(c3nccs3)CC2)CCCC1. The monoisotopic (exact) mass is 366 g/mol. The van der Waals surface area contributed by atoms with Crippen LogP contribution in [0.1, 0.15) is 32.1 Å². The molecule has 0 atom stereocenters. The van der Waals surface area contributed by atoms with Gasteiger partial charge < -0.3 is 15.5 Å². The third-order valence-electron chi connectivity index (χ3n) is 4.39. The lowest BCUT2D eigenvalue weighted by Gasteiger charge is -2.30. The summed E-state index contributed by atoms with van der Waals surface area (Å²) in [5, 5.41) is 3.05. The van der Waals surface area contributed by atoms with Crippen molar-refractivity contribution in [1.82, 2.24) is 9.88 Å². The number of carbonyl (C=O) groups excluding carboxylic acids is 1. The summed E-state index contributed by atoms with van der Waals surface area (Å²) in [7, 11) is 0. The second-order valence-electron chi connectivity index (χ2n) is 5.81. The summed E-state index contributed by atoms with van der Waals surface area (Å²) < 4.78 is 0. The van der Waals surface area contributed by atoms with Crippen molar-refractivity contribution in [2.45, 2.75) is 37.6 Å². The van der Waals surface area contributed by atoms with E-state index in [1.807, 2.05) is 16.5 Å². The summed E-state index contributed by atoms with van der Waals surface area (Å²) in [4.78, 5) is 21.2.